The molecule has 2 N–H and O–H groups in total. The first-order valence-electron chi connectivity index (χ1n) is 6.81. The molecule has 112 valence electrons. The molecule has 2 rings (SSSR count). The summed E-state index contributed by atoms with van der Waals surface area (Å²) in [4.78, 5) is 2.06. The van der Waals surface area contributed by atoms with E-state index in [0.29, 0.717) is 0 Å². The lowest BCUT2D eigenvalue weighted by molar-refractivity contribution is 0.390. The maximum atomic E-state index is 6.41. The van der Waals surface area contributed by atoms with E-state index in [1.807, 2.05) is 44.4 Å². The first kappa shape index (κ1) is 15.2. The zero-order chi connectivity index (χ0) is 15.4. The summed E-state index contributed by atoms with van der Waals surface area (Å²) in [7, 11) is 7.30. The number of methoxy groups -OCH3 is 2. The number of hydrogen-bond donors (Lipinski definition) is 1. The molecule has 0 fully saturated rings. The molecule has 21 heavy (non-hydrogen) atoms. The molecule has 1 unspecified atom stereocenters. The summed E-state index contributed by atoms with van der Waals surface area (Å²) in [5, 5.41) is 0. The van der Waals surface area contributed by atoms with E-state index >= 15 is 0 Å². The van der Waals surface area contributed by atoms with Crippen LogP contribution in [0.2, 0.25) is 0 Å². The summed E-state index contributed by atoms with van der Waals surface area (Å²) in [6.45, 7) is 0. The van der Waals surface area contributed by atoms with Gasteiger partial charge in [-0.2, -0.15) is 0 Å². The van der Waals surface area contributed by atoms with Gasteiger partial charge in [0.05, 0.1) is 20.3 Å². The molecule has 0 aliphatic heterocycles. The monoisotopic (exact) mass is 286 g/mol. The lowest BCUT2D eigenvalue weighted by atomic mass is 9.98. The fourth-order valence-corrected chi connectivity index (χ4v) is 2.25. The van der Waals surface area contributed by atoms with E-state index in [1.165, 1.54) is 0 Å². The smallest absolute Gasteiger partial charge is 0.127 e. The van der Waals surface area contributed by atoms with Crippen molar-refractivity contribution in [2.75, 3.05) is 33.2 Å². The zero-order valence-electron chi connectivity index (χ0n) is 13.0. The van der Waals surface area contributed by atoms with Crippen LogP contribution >= 0.6 is 0 Å². The molecule has 0 aliphatic carbocycles. The topological polar surface area (TPSA) is 47.7 Å². The van der Waals surface area contributed by atoms with E-state index in [1.54, 1.807) is 14.2 Å². The van der Waals surface area contributed by atoms with Gasteiger partial charge in [-0.25, -0.2) is 0 Å². The molecule has 0 spiro atoms. The lowest BCUT2D eigenvalue weighted by Gasteiger charge is -2.19. The van der Waals surface area contributed by atoms with Crippen molar-refractivity contribution in [2.24, 2.45) is 5.73 Å². The highest BCUT2D eigenvalue weighted by Crippen LogP contribution is 2.32. The van der Waals surface area contributed by atoms with Crippen LogP contribution in [0, 0.1) is 0 Å². The third-order valence-electron chi connectivity index (χ3n) is 3.52. The average Bonchev–Trinajstić information content (AvgIpc) is 2.53. The SMILES string of the molecule is COc1ccc(C(N)c2cccc(N(C)C)c2)c(OC)c1. The van der Waals surface area contributed by atoms with Gasteiger partial charge in [-0.05, 0) is 29.8 Å². The molecule has 0 saturated carbocycles. The van der Waals surface area contributed by atoms with E-state index in [4.69, 9.17) is 15.2 Å². The number of hydrogen-bond acceptors (Lipinski definition) is 4. The predicted molar refractivity (Wildman–Crippen MR) is 86.3 cm³/mol. The summed E-state index contributed by atoms with van der Waals surface area (Å²) in [5.41, 5.74) is 9.52. The average molecular weight is 286 g/mol. The van der Waals surface area contributed by atoms with E-state index in [9.17, 15) is 0 Å². The Morgan fingerprint density at radius 3 is 2.38 bits per heavy atom. The molecule has 1 atom stereocenters. The minimum Gasteiger partial charge on any atom is -0.497 e. The molecule has 0 bridgehead atoms. The van der Waals surface area contributed by atoms with Crippen molar-refractivity contribution < 1.29 is 9.47 Å². The van der Waals surface area contributed by atoms with Crippen LogP contribution in [-0.4, -0.2) is 28.3 Å². The second-order valence-electron chi connectivity index (χ2n) is 5.07. The van der Waals surface area contributed by atoms with E-state index in [2.05, 4.69) is 17.0 Å². The van der Waals surface area contributed by atoms with Crippen LogP contribution in [0.1, 0.15) is 17.2 Å². The van der Waals surface area contributed by atoms with Gasteiger partial charge in [-0.3, -0.25) is 0 Å². The van der Waals surface area contributed by atoms with Crippen LogP contribution < -0.4 is 20.1 Å². The number of benzene rings is 2. The maximum absolute atomic E-state index is 6.41. The van der Waals surface area contributed by atoms with E-state index < -0.39 is 0 Å². The number of anilines is 1. The molecule has 0 radical (unpaired) electrons. The van der Waals surface area contributed by atoms with Crippen molar-refractivity contribution in [3.05, 3.63) is 53.6 Å². The first-order chi connectivity index (χ1) is 10.1. The summed E-state index contributed by atoms with van der Waals surface area (Å²) in [5.74, 6) is 1.49. The van der Waals surface area contributed by atoms with Crippen molar-refractivity contribution in [1.82, 2.24) is 0 Å². The molecule has 2 aromatic carbocycles. The Kier molecular flexibility index (Phi) is 4.70. The Bertz CT molecular complexity index is 611. The molecule has 2 aromatic rings. The maximum Gasteiger partial charge on any atom is 0.127 e. The van der Waals surface area contributed by atoms with Crippen LogP contribution in [0.25, 0.3) is 0 Å². The Balaban J connectivity index is 2.39. The summed E-state index contributed by atoms with van der Waals surface area (Å²) in [6, 6.07) is 13.6. The normalized spacial score (nSPS) is 11.9. The van der Waals surface area contributed by atoms with Crippen LogP contribution in [0.15, 0.2) is 42.5 Å². The predicted octanol–water partition coefficient (Wildman–Crippen LogP) is 2.82. The first-order valence-corrected chi connectivity index (χ1v) is 6.81. The molecule has 0 aliphatic rings. The summed E-state index contributed by atoms with van der Waals surface area (Å²) < 4.78 is 10.7. The molecule has 0 saturated heterocycles. The zero-order valence-corrected chi connectivity index (χ0v) is 13.0. The third-order valence-corrected chi connectivity index (χ3v) is 3.52. The Morgan fingerprint density at radius 1 is 1.00 bits per heavy atom. The molecule has 0 amide bonds. The van der Waals surface area contributed by atoms with Gasteiger partial charge in [0.2, 0.25) is 0 Å². The van der Waals surface area contributed by atoms with E-state index in [0.717, 1.165) is 28.3 Å². The second kappa shape index (κ2) is 6.50. The Morgan fingerprint density at radius 2 is 1.76 bits per heavy atom. The van der Waals surface area contributed by atoms with Crippen LogP contribution in [-0.2, 0) is 0 Å². The second-order valence-corrected chi connectivity index (χ2v) is 5.07. The number of nitrogens with zero attached hydrogens (tertiary/aromatic N) is 1. The summed E-state index contributed by atoms with van der Waals surface area (Å²) in [6.07, 6.45) is 0. The fraction of sp³-hybridized carbons (Fsp3) is 0.294. The highest BCUT2D eigenvalue weighted by atomic mass is 16.5. The third kappa shape index (κ3) is 3.28. The number of rotatable bonds is 5. The van der Waals surface area contributed by atoms with Gasteiger partial charge in [0.15, 0.2) is 0 Å². The van der Waals surface area contributed by atoms with Gasteiger partial charge in [-0.1, -0.05) is 12.1 Å². The number of ether oxygens (including phenoxy) is 2. The molecule has 0 aromatic heterocycles. The van der Waals surface area contributed by atoms with Gasteiger partial charge in [0.25, 0.3) is 0 Å². The minimum absolute atomic E-state index is 0.245. The fourth-order valence-electron chi connectivity index (χ4n) is 2.25. The quantitative estimate of drug-likeness (QED) is 0.918. The van der Waals surface area contributed by atoms with Gasteiger partial charge in [0, 0.05) is 31.4 Å². The van der Waals surface area contributed by atoms with Crippen molar-refractivity contribution >= 4 is 5.69 Å². The highest BCUT2D eigenvalue weighted by molar-refractivity contribution is 5.51. The molecule has 0 heterocycles. The Labute approximate surface area is 126 Å². The molecule has 4 heteroatoms. The van der Waals surface area contributed by atoms with Gasteiger partial charge in [-0.15, -0.1) is 0 Å². The van der Waals surface area contributed by atoms with Gasteiger partial charge >= 0.3 is 0 Å². The van der Waals surface area contributed by atoms with Gasteiger partial charge in [0.1, 0.15) is 11.5 Å². The molecular weight excluding hydrogens is 264 g/mol. The molecule has 4 nitrogen and oxygen atoms in total. The molecular formula is C17H22N2O2. The van der Waals surface area contributed by atoms with Crippen LogP contribution in [0.3, 0.4) is 0 Å². The van der Waals surface area contributed by atoms with Crippen molar-refractivity contribution in [3.8, 4) is 11.5 Å². The van der Waals surface area contributed by atoms with Crippen LogP contribution in [0.4, 0.5) is 5.69 Å². The van der Waals surface area contributed by atoms with E-state index in [-0.39, 0.29) is 6.04 Å². The number of nitrogens with two attached hydrogens (primary N) is 1. The highest BCUT2D eigenvalue weighted by Gasteiger charge is 2.15. The van der Waals surface area contributed by atoms with Gasteiger partial charge < -0.3 is 20.1 Å². The largest absolute Gasteiger partial charge is 0.497 e. The van der Waals surface area contributed by atoms with Crippen molar-refractivity contribution in [2.45, 2.75) is 6.04 Å². The Hall–Kier alpha value is -2.20. The minimum atomic E-state index is -0.245. The lowest BCUT2D eigenvalue weighted by Crippen LogP contribution is -2.15. The van der Waals surface area contributed by atoms with Crippen molar-refractivity contribution in [1.29, 1.82) is 0 Å². The van der Waals surface area contributed by atoms with Crippen molar-refractivity contribution in [3.63, 3.8) is 0 Å². The summed E-state index contributed by atoms with van der Waals surface area (Å²) >= 11 is 0. The van der Waals surface area contributed by atoms with Crippen LogP contribution in [0.5, 0.6) is 11.5 Å². The standard InChI is InChI=1S/C17H22N2O2/c1-19(2)13-7-5-6-12(10-13)17(18)15-9-8-14(20-3)11-16(15)21-4/h5-11,17H,18H2,1-4H3.